The first-order chi connectivity index (χ1) is 11.0. The average molecular weight is 337 g/mol. The van der Waals surface area contributed by atoms with Crippen molar-refractivity contribution in [2.24, 2.45) is 0 Å². The second kappa shape index (κ2) is 7.46. The number of nitro groups is 1. The van der Waals surface area contributed by atoms with Crippen LogP contribution in [0.1, 0.15) is 0 Å². The van der Waals surface area contributed by atoms with Crippen molar-refractivity contribution in [3.63, 3.8) is 0 Å². The Kier molecular flexibility index (Phi) is 5.37. The van der Waals surface area contributed by atoms with Gasteiger partial charge in [-0.3, -0.25) is 14.9 Å². The van der Waals surface area contributed by atoms with Crippen LogP contribution in [0, 0.1) is 10.1 Å². The Hall–Kier alpha value is -2.80. The predicted molar refractivity (Wildman–Crippen MR) is 85.2 cm³/mol. The molecule has 2 aromatic carbocycles. The van der Waals surface area contributed by atoms with Gasteiger partial charge in [0, 0.05) is 12.1 Å². The molecule has 0 saturated carbocycles. The first-order valence-corrected chi connectivity index (χ1v) is 6.88. The zero-order valence-electron chi connectivity index (χ0n) is 12.1. The summed E-state index contributed by atoms with van der Waals surface area (Å²) in [6.45, 7) is -0.259. The number of hydrogen-bond donors (Lipinski definition) is 1. The van der Waals surface area contributed by atoms with Crippen molar-refractivity contribution in [3.05, 3.63) is 57.6 Å². The van der Waals surface area contributed by atoms with Crippen molar-refractivity contribution >= 4 is 28.9 Å². The standard InChI is InChI=1S/C15H13ClN2O5/c1-22-11-3-5-12(6-4-11)23-9-15(19)17-14-8-10(18(20)21)2-7-13(14)16/h2-8H,9H2,1H3,(H,17,19). The van der Waals surface area contributed by atoms with Gasteiger partial charge in [-0.15, -0.1) is 0 Å². The molecule has 2 aromatic rings. The summed E-state index contributed by atoms with van der Waals surface area (Å²) in [6, 6.07) is 10.5. The van der Waals surface area contributed by atoms with Crippen LogP contribution in [-0.4, -0.2) is 24.5 Å². The molecule has 1 N–H and O–H groups in total. The number of ether oxygens (including phenoxy) is 2. The number of nitrogens with zero attached hydrogens (tertiary/aromatic N) is 1. The molecule has 8 heteroatoms. The highest BCUT2D eigenvalue weighted by Crippen LogP contribution is 2.26. The van der Waals surface area contributed by atoms with Crippen molar-refractivity contribution in [3.8, 4) is 11.5 Å². The molecule has 1 amide bonds. The van der Waals surface area contributed by atoms with Gasteiger partial charge in [-0.2, -0.15) is 0 Å². The molecular weight excluding hydrogens is 324 g/mol. The lowest BCUT2D eigenvalue weighted by Gasteiger charge is -2.09. The normalized spacial score (nSPS) is 10.0. The topological polar surface area (TPSA) is 90.7 Å². The van der Waals surface area contributed by atoms with E-state index in [2.05, 4.69) is 5.32 Å². The Morgan fingerprint density at radius 2 is 1.87 bits per heavy atom. The van der Waals surface area contributed by atoms with E-state index >= 15 is 0 Å². The smallest absolute Gasteiger partial charge is 0.271 e. The van der Waals surface area contributed by atoms with Gasteiger partial charge in [0.15, 0.2) is 6.61 Å². The summed E-state index contributed by atoms with van der Waals surface area (Å²) in [5.41, 5.74) is -0.00929. The third kappa shape index (κ3) is 4.58. The fraction of sp³-hybridized carbons (Fsp3) is 0.133. The van der Waals surface area contributed by atoms with Crippen LogP contribution in [0.25, 0.3) is 0 Å². The Morgan fingerprint density at radius 1 is 1.22 bits per heavy atom. The molecular formula is C15H13ClN2O5. The summed E-state index contributed by atoms with van der Waals surface area (Å²) in [7, 11) is 1.55. The summed E-state index contributed by atoms with van der Waals surface area (Å²) in [5, 5.41) is 13.4. The fourth-order valence-corrected chi connectivity index (χ4v) is 1.89. The van der Waals surface area contributed by atoms with Crippen molar-refractivity contribution in [1.82, 2.24) is 0 Å². The molecule has 0 spiro atoms. The minimum atomic E-state index is -0.570. The van der Waals surface area contributed by atoms with E-state index in [-0.39, 0.29) is 23.0 Å². The number of nitro benzene ring substituents is 1. The molecule has 0 atom stereocenters. The third-order valence-corrected chi connectivity index (χ3v) is 3.19. The molecule has 0 heterocycles. The summed E-state index contributed by atoms with van der Waals surface area (Å²) < 4.78 is 10.3. The minimum Gasteiger partial charge on any atom is -0.497 e. The van der Waals surface area contributed by atoms with Crippen LogP contribution in [0.5, 0.6) is 11.5 Å². The Bertz CT molecular complexity index is 718. The van der Waals surface area contributed by atoms with Gasteiger partial charge in [-0.05, 0) is 30.3 Å². The Balaban J connectivity index is 1.96. The Labute approximate surface area is 136 Å². The van der Waals surface area contributed by atoms with E-state index in [1.165, 1.54) is 18.2 Å². The monoisotopic (exact) mass is 336 g/mol. The third-order valence-electron chi connectivity index (χ3n) is 2.86. The SMILES string of the molecule is COc1ccc(OCC(=O)Nc2cc([N+](=O)[O-])ccc2Cl)cc1. The van der Waals surface area contributed by atoms with Gasteiger partial charge in [-0.1, -0.05) is 11.6 Å². The first-order valence-electron chi connectivity index (χ1n) is 6.50. The molecule has 0 radical (unpaired) electrons. The van der Waals surface area contributed by atoms with E-state index < -0.39 is 10.8 Å². The molecule has 2 rings (SSSR count). The summed E-state index contributed by atoms with van der Waals surface area (Å²) >= 11 is 5.90. The summed E-state index contributed by atoms with van der Waals surface area (Å²) in [4.78, 5) is 22.0. The van der Waals surface area contributed by atoms with E-state index in [4.69, 9.17) is 21.1 Å². The number of amides is 1. The van der Waals surface area contributed by atoms with Gasteiger partial charge < -0.3 is 14.8 Å². The number of methoxy groups -OCH3 is 1. The highest BCUT2D eigenvalue weighted by Gasteiger charge is 2.12. The summed E-state index contributed by atoms with van der Waals surface area (Å²) in [5.74, 6) is 0.680. The molecule has 0 aliphatic rings. The maximum atomic E-state index is 11.9. The van der Waals surface area contributed by atoms with E-state index in [1.54, 1.807) is 31.4 Å². The van der Waals surface area contributed by atoms with Gasteiger partial charge in [0.25, 0.3) is 11.6 Å². The van der Waals surface area contributed by atoms with Gasteiger partial charge in [-0.25, -0.2) is 0 Å². The van der Waals surface area contributed by atoms with Crippen LogP contribution < -0.4 is 14.8 Å². The maximum Gasteiger partial charge on any atom is 0.271 e. The second-order valence-electron chi connectivity index (χ2n) is 4.43. The number of non-ortho nitro benzene ring substituents is 1. The summed E-state index contributed by atoms with van der Waals surface area (Å²) in [6.07, 6.45) is 0. The molecule has 23 heavy (non-hydrogen) atoms. The molecule has 0 bridgehead atoms. The molecule has 0 unspecified atom stereocenters. The van der Waals surface area contributed by atoms with E-state index in [9.17, 15) is 14.9 Å². The van der Waals surface area contributed by atoms with E-state index in [0.29, 0.717) is 11.5 Å². The van der Waals surface area contributed by atoms with E-state index in [0.717, 1.165) is 0 Å². The number of anilines is 1. The van der Waals surface area contributed by atoms with Crippen molar-refractivity contribution < 1.29 is 19.2 Å². The lowest BCUT2D eigenvalue weighted by atomic mass is 10.3. The van der Waals surface area contributed by atoms with Crippen LogP contribution in [0.4, 0.5) is 11.4 Å². The Morgan fingerprint density at radius 3 is 2.48 bits per heavy atom. The molecule has 0 saturated heterocycles. The minimum absolute atomic E-state index is 0.157. The number of benzene rings is 2. The lowest BCUT2D eigenvalue weighted by molar-refractivity contribution is -0.384. The molecule has 0 aliphatic heterocycles. The molecule has 0 fully saturated rings. The van der Waals surface area contributed by atoms with Crippen LogP contribution in [-0.2, 0) is 4.79 Å². The maximum absolute atomic E-state index is 11.9. The highest BCUT2D eigenvalue weighted by atomic mass is 35.5. The quantitative estimate of drug-likeness (QED) is 0.645. The number of carbonyl (C=O) groups is 1. The van der Waals surface area contributed by atoms with Gasteiger partial charge in [0.2, 0.25) is 0 Å². The van der Waals surface area contributed by atoms with E-state index in [1.807, 2.05) is 0 Å². The van der Waals surface area contributed by atoms with Crippen molar-refractivity contribution in [2.75, 3.05) is 19.0 Å². The first kappa shape index (κ1) is 16.6. The van der Waals surface area contributed by atoms with Gasteiger partial charge in [0.05, 0.1) is 22.7 Å². The number of hydrogen-bond acceptors (Lipinski definition) is 5. The largest absolute Gasteiger partial charge is 0.497 e. The van der Waals surface area contributed by atoms with Crippen LogP contribution >= 0.6 is 11.6 Å². The number of rotatable bonds is 6. The van der Waals surface area contributed by atoms with Crippen molar-refractivity contribution in [2.45, 2.75) is 0 Å². The molecule has 0 aliphatic carbocycles. The van der Waals surface area contributed by atoms with Gasteiger partial charge >= 0.3 is 0 Å². The van der Waals surface area contributed by atoms with Crippen molar-refractivity contribution in [1.29, 1.82) is 0 Å². The van der Waals surface area contributed by atoms with Crippen LogP contribution in [0.15, 0.2) is 42.5 Å². The van der Waals surface area contributed by atoms with Crippen LogP contribution in [0.3, 0.4) is 0 Å². The number of halogens is 1. The molecule has 120 valence electrons. The van der Waals surface area contributed by atoms with Gasteiger partial charge in [0.1, 0.15) is 11.5 Å². The number of nitrogens with one attached hydrogen (secondary N) is 1. The average Bonchev–Trinajstić information content (AvgIpc) is 2.55. The zero-order valence-corrected chi connectivity index (χ0v) is 12.9. The number of carbonyl (C=O) groups excluding carboxylic acids is 1. The molecule has 0 aromatic heterocycles. The zero-order chi connectivity index (χ0) is 16.8. The van der Waals surface area contributed by atoms with Crippen LogP contribution in [0.2, 0.25) is 5.02 Å². The lowest BCUT2D eigenvalue weighted by Crippen LogP contribution is -2.20. The predicted octanol–water partition coefficient (Wildman–Crippen LogP) is 3.27. The highest BCUT2D eigenvalue weighted by molar-refractivity contribution is 6.33. The second-order valence-corrected chi connectivity index (χ2v) is 4.84. The fourth-order valence-electron chi connectivity index (χ4n) is 1.73. The molecule has 7 nitrogen and oxygen atoms in total.